The molecule has 25 heavy (non-hydrogen) atoms. The van der Waals surface area contributed by atoms with E-state index in [-0.39, 0.29) is 17.4 Å². The Hall–Kier alpha value is -2.34. The average Bonchev–Trinajstić information content (AvgIpc) is 2.59. The second kappa shape index (κ2) is 5.88. The van der Waals surface area contributed by atoms with E-state index in [0.29, 0.717) is 12.2 Å². The summed E-state index contributed by atoms with van der Waals surface area (Å²) in [6.07, 6.45) is 1.61. The highest BCUT2D eigenvalue weighted by molar-refractivity contribution is 6.25. The molecule has 1 aromatic rings. The van der Waals surface area contributed by atoms with Gasteiger partial charge in [0.2, 0.25) is 5.78 Å². The van der Waals surface area contributed by atoms with E-state index < -0.39 is 11.8 Å². The van der Waals surface area contributed by atoms with Gasteiger partial charge < -0.3 is 19.6 Å². The second-order valence-electron chi connectivity index (χ2n) is 7.22. The van der Waals surface area contributed by atoms with Crippen molar-refractivity contribution in [1.29, 1.82) is 0 Å². The fourth-order valence-corrected chi connectivity index (χ4v) is 3.94. The molecule has 1 aliphatic carbocycles. The zero-order valence-corrected chi connectivity index (χ0v) is 14.5. The van der Waals surface area contributed by atoms with Gasteiger partial charge in [-0.05, 0) is 13.1 Å². The number of likely N-dealkylation sites (N-methyl/N-ethyl adjacent to an activating group) is 1. The Bertz CT molecular complexity index is 778. The van der Waals surface area contributed by atoms with Crippen LogP contribution in [0.1, 0.15) is 28.8 Å². The van der Waals surface area contributed by atoms with Gasteiger partial charge in [0, 0.05) is 60.9 Å². The van der Waals surface area contributed by atoms with Gasteiger partial charge in [-0.25, -0.2) is 4.79 Å². The van der Waals surface area contributed by atoms with Gasteiger partial charge in [0.1, 0.15) is 11.3 Å². The molecule has 0 spiro atoms. The zero-order chi connectivity index (χ0) is 17.7. The van der Waals surface area contributed by atoms with E-state index in [1.807, 2.05) is 19.1 Å². The number of rotatable bonds is 2. The van der Waals surface area contributed by atoms with Crippen LogP contribution in [0.5, 0.6) is 5.75 Å². The number of carbonyl (C=O) groups excluding carboxylic acids is 1. The van der Waals surface area contributed by atoms with E-state index in [1.165, 1.54) is 0 Å². The summed E-state index contributed by atoms with van der Waals surface area (Å²) in [4.78, 5) is 28.8. The third-order valence-corrected chi connectivity index (χ3v) is 5.51. The molecular formula is C19H22N2O4. The Balaban J connectivity index is 1.80. The maximum atomic E-state index is 12.8. The molecule has 132 valence electrons. The predicted molar refractivity (Wildman–Crippen MR) is 93.6 cm³/mol. The molecule has 0 radical (unpaired) electrons. The summed E-state index contributed by atoms with van der Waals surface area (Å²) >= 11 is 0. The molecule has 4 rings (SSSR count). The number of ketones is 1. The van der Waals surface area contributed by atoms with Crippen molar-refractivity contribution in [3.63, 3.8) is 0 Å². The summed E-state index contributed by atoms with van der Waals surface area (Å²) < 4.78 is 5.91. The first-order valence-corrected chi connectivity index (χ1v) is 8.69. The number of ether oxygens (including phenoxy) is 1. The molecule has 1 aromatic carbocycles. The summed E-state index contributed by atoms with van der Waals surface area (Å²) in [6, 6.07) is 3.87. The molecule has 2 unspecified atom stereocenters. The molecule has 0 saturated carbocycles. The molecule has 6 nitrogen and oxygen atoms in total. The second-order valence-corrected chi connectivity index (χ2v) is 7.22. The van der Waals surface area contributed by atoms with Crippen molar-refractivity contribution in [2.75, 3.05) is 44.7 Å². The molecule has 1 N–H and O–H groups in total. The van der Waals surface area contributed by atoms with Crippen molar-refractivity contribution < 1.29 is 19.4 Å². The smallest absolute Gasteiger partial charge is 0.339 e. The van der Waals surface area contributed by atoms with E-state index in [1.54, 1.807) is 6.08 Å². The number of benzene rings is 1. The Morgan fingerprint density at radius 2 is 1.96 bits per heavy atom. The zero-order valence-electron chi connectivity index (χ0n) is 14.5. The molecule has 2 heterocycles. The van der Waals surface area contributed by atoms with E-state index >= 15 is 0 Å². The third kappa shape index (κ3) is 2.61. The Labute approximate surface area is 146 Å². The van der Waals surface area contributed by atoms with Gasteiger partial charge in [-0.3, -0.25) is 4.79 Å². The van der Waals surface area contributed by atoms with Crippen LogP contribution in [-0.2, 0) is 4.79 Å². The number of carboxylic acid groups (broad SMARTS) is 1. The molecule has 0 amide bonds. The summed E-state index contributed by atoms with van der Waals surface area (Å²) in [5, 5.41) is 9.43. The Morgan fingerprint density at radius 1 is 1.24 bits per heavy atom. The van der Waals surface area contributed by atoms with Gasteiger partial charge >= 0.3 is 5.97 Å². The summed E-state index contributed by atoms with van der Waals surface area (Å²) in [5.74, 6) is -0.773. The Morgan fingerprint density at radius 3 is 2.64 bits per heavy atom. The van der Waals surface area contributed by atoms with Crippen LogP contribution in [-0.4, -0.2) is 61.6 Å². The molecule has 2 aliphatic heterocycles. The summed E-state index contributed by atoms with van der Waals surface area (Å²) in [5.41, 5.74) is 2.16. The molecule has 0 bridgehead atoms. The summed E-state index contributed by atoms with van der Waals surface area (Å²) in [6.45, 7) is 6.23. The lowest BCUT2D eigenvalue weighted by Gasteiger charge is -2.37. The van der Waals surface area contributed by atoms with Crippen LogP contribution in [0, 0.1) is 5.92 Å². The van der Waals surface area contributed by atoms with Gasteiger partial charge in [0.25, 0.3) is 0 Å². The van der Waals surface area contributed by atoms with Gasteiger partial charge in [0.15, 0.2) is 0 Å². The van der Waals surface area contributed by atoms with Crippen molar-refractivity contribution in [2.45, 2.75) is 12.8 Å². The van der Waals surface area contributed by atoms with Crippen LogP contribution >= 0.6 is 0 Å². The lowest BCUT2D eigenvalue weighted by atomic mass is 9.75. The van der Waals surface area contributed by atoms with Gasteiger partial charge in [-0.1, -0.05) is 13.0 Å². The number of nitrogens with zero attached hydrogens (tertiary/aromatic N) is 2. The fraction of sp³-hybridized carbons (Fsp3) is 0.474. The maximum Gasteiger partial charge on any atom is 0.339 e. The van der Waals surface area contributed by atoms with Gasteiger partial charge in [0.05, 0.1) is 6.61 Å². The minimum absolute atomic E-state index is 0.0795. The highest BCUT2D eigenvalue weighted by Crippen LogP contribution is 2.46. The quantitative estimate of drug-likeness (QED) is 0.826. The van der Waals surface area contributed by atoms with Crippen molar-refractivity contribution in [2.24, 2.45) is 5.92 Å². The van der Waals surface area contributed by atoms with Crippen LogP contribution < -0.4 is 9.64 Å². The molecule has 3 aliphatic rings. The fourth-order valence-electron chi connectivity index (χ4n) is 3.94. The van der Waals surface area contributed by atoms with E-state index in [4.69, 9.17) is 4.74 Å². The average molecular weight is 342 g/mol. The molecular weight excluding hydrogens is 320 g/mol. The molecule has 2 atom stereocenters. The van der Waals surface area contributed by atoms with Crippen LogP contribution in [0.4, 0.5) is 5.69 Å². The number of carbonyl (C=O) groups is 2. The van der Waals surface area contributed by atoms with Crippen molar-refractivity contribution in [3.05, 3.63) is 34.9 Å². The van der Waals surface area contributed by atoms with Crippen LogP contribution in [0.2, 0.25) is 0 Å². The number of allylic oxidation sites excluding steroid dienone is 1. The number of carboxylic acids is 1. The number of piperazine rings is 1. The molecule has 1 fully saturated rings. The topological polar surface area (TPSA) is 70.1 Å². The van der Waals surface area contributed by atoms with Crippen molar-refractivity contribution in [3.8, 4) is 5.75 Å². The number of aliphatic carboxylic acids is 1. The standard InChI is InChI=1S/C19H22N2O4/c1-11-10-25-16-8-12(21-5-3-20(2)4-6-21)7-14-17(16)13(11)9-15(18(14)22)19(23)24/h7-9,11,13H,3-6,10H2,1-2H3,(H,23,24). The van der Waals surface area contributed by atoms with Gasteiger partial charge in [-0.15, -0.1) is 0 Å². The molecule has 0 aromatic heterocycles. The number of anilines is 1. The van der Waals surface area contributed by atoms with Crippen LogP contribution in [0.25, 0.3) is 0 Å². The third-order valence-electron chi connectivity index (χ3n) is 5.51. The lowest BCUT2D eigenvalue weighted by molar-refractivity contribution is -0.132. The SMILES string of the molecule is CC1COc2cc(N3CCN(C)CC3)cc3c2C1C=C(C(=O)O)C3=O. The van der Waals surface area contributed by atoms with E-state index in [0.717, 1.165) is 43.2 Å². The normalized spacial score (nSPS) is 25.9. The summed E-state index contributed by atoms with van der Waals surface area (Å²) in [7, 11) is 2.09. The number of hydrogen-bond acceptors (Lipinski definition) is 5. The molecule has 1 saturated heterocycles. The highest BCUT2D eigenvalue weighted by Gasteiger charge is 2.38. The van der Waals surface area contributed by atoms with Crippen LogP contribution in [0.15, 0.2) is 23.8 Å². The maximum absolute atomic E-state index is 12.8. The van der Waals surface area contributed by atoms with E-state index in [2.05, 4.69) is 16.8 Å². The predicted octanol–water partition coefficient (Wildman–Crippen LogP) is 1.76. The lowest BCUT2D eigenvalue weighted by Crippen LogP contribution is -2.44. The number of Topliss-reactive ketones (excluding diaryl/α,β-unsaturated/α-hetero) is 1. The first-order chi connectivity index (χ1) is 12.0. The van der Waals surface area contributed by atoms with E-state index in [9.17, 15) is 14.7 Å². The van der Waals surface area contributed by atoms with Crippen molar-refractivity contribution >= 4 is 17.4 Å². The largest absolute Gasteiger partial charge is 0.493 e. The Kier molecular flexibility index (Phi) is 3.80. The van der Waals surface area contributed by atoms with Crippen molar-refractivity contribution in [1.82, 2.24) is 4.90 Å². The van der Waals surface area contributed by atoms with Gasteiger partial charge in [-0.2, -0.15) is 0 Å². The number of hydrogen-bond donors (Lipinski definition) is 1. The minimum Gasteiger partial charge on any atom is -0.493 e. The first kappa shape index (κ1) is 16.1. The monoisotopic (exact) mass is 342 g/mol. The molecule has 6 heteroatoms. The first-order valence-electron chi connectivity index (χ1n) is 8.69. The minimum atomic E-state index is -1.15. The van der Waals surface area contributed by atoms with Crippen LogP contribution in [0.3, 0.4) is 0 Å². The highest BCUT2D eigenvalue weighted by atomic mass is 16.5.